The second kappa shape index (κ2) is 11.5. The Bertz CT molecular complexity index is 774. The Hall–Kier alpha value is -1.63. The second-order valence-corrected chi connectivity index (χ2v) is 9.91. The number of carbonyl (C=O) groups excluding carboxylic acids is 1. The highest BCUT2D eigenvalue weighted by molar-refractivity contribution is 8.16. The summed E-state index contributed by atoms with van der Waals surface area (Å²) in [4.78, 5) is 12.2. The largest absolute Gasteiger partial charge is 0.484 e. The molecule has 1 saturated heterocycles. The molecule has 2 aromatic rings. The van der Waals surface area contributed by atoms with Crippen LogP contribution in [0.3, 0.4) is 0 Å². The van der Waals surface area contributed by atoms with E-state index in [1.165, 1.54) is 23.5 Å². The monoisotopic (exact) mass is 431 g/mol. The minimum Gasteiger partial charge on any atom is -0.484 e. The molecule has 3 rings (SSSR count). The Morgan fingerprint density at radius 3 is 2.45 bits per heavy atom. The lowest BCUT2D eigenvalue weighted by molar-refractivity contribution is -0.123. The van der Waals surface area contributed by atoms with Crippen molar-refractivity contribution in [2.75, 3.05) is 18.1 Å². The standard InChI is InChI=1S/C23H29NO3S2/c1-17(2)26-15-20-7-4-3-6-19(20)14-24-22(25)16-27-21-10-8-18(9-11-21)23-28-12-5-13-29-23/h3-4,6-11,17,23H,5,12-16H2,1-2H3,(H,24,25). The fourth-order valence-electron chi connectivity index (χ4n) is 2.92. The Balaban J connectivity index is 1.44. The van der Waals surface area contributed by atoms with Crippen molar-refractivity contribution in [2.45, 2.75) is 44.1 Å². The number of ether oxygens (including phenoxy) is 2. The number of rotatable bonds is 9. The quantitative estimate of drug-likeness (QED) is 0.593. The summed E-state index contributed by atoms with van der Waals surface area (Å²) in [6, 6.07) is 16.1. The number of hydrogen-bond acceptors (Lipinski definition) is 5. The molecule has 1 aliphatic rings. The zero-order valence-corrected chi connectivity index (χ0v) is 18.7. The van der Waals surface area contributed by atoms with E-state index in [1.54, 1.807) is 0 Å². The van der Waals surface area contributed by atoms with Crippen LogP contribution in [0.2, 0.25) is 0 Å². The average molecular weight is 432 g/mol. The molecule has 156 valence electrons. The number of carbonyl (C=O) groups is 1. The van der Waals surface area contributed by atoms with Gasteiger partial charge in [0.05, 0.1) is 17.3 Å². The fourth-order valence-corrected chi connectivity index (χ4v) is 5.82. The number of thioether (sulfide) groups is 2. The molecule has 1 amide bonds. The van der Waals surface area contributed by atoms with E-state index in [2.05, 4.69) is 17.4 Å². The molecule has 29 heavy (non-hydrogen) atoms. The topological polar surface area (TPSA) is 47.6 Å². The zero-order valence-electron chi connectivity index (χ0n) is 17.1. The SMILES string of the molecule is CC(C)OCc1ccccc1CNC(=O)COc1ccc(C2SCCCS2)cc1. The van der Waals surface area contributed by atoms with Gasteiger partial charge in [-0.1, -0.05) is 36.4 Å². The van der Waals surface area contributed by atoms with E-state index in [4.69, 9.17) is 9.47 Å². The normalized spacial score (nSPS) is 14.7. The average Bonchev–Trinajstić information content (AvgIpc) is 2.76. The van der Waals surface area contributed by atoms with Crippen LogP contribution in [0.5, 0.6) is 5.75 Å². The van der Waals surface area contributed by atoms with Gasteiger partial charge < -0.3 is 14.8 Å². The minimum absolute atomic E-state index is 0.0108. The molecular formula is C23H29NO3S2. The first-order valence-corrected chi connectivity index (χ1v) is 12.1. The van der Waals surface area contributed by atoms with Gasteiger partial charge in [-0.25, -0.2) is 0 Å². The van der Waals surface area contributed by atoms with Crippen molar-refractivity contribution in [1.82, 2.24) is 5.32 Å². The third kappa shape index (κ3) is 7.28. The summed E-state index contributed by atoms with van der Waals surface area (Å²) in [5, 5.41) is 2.93. The fraction of sp³-hybridized carbons (Fsp3) is 0.435. The number of amides is 1. The molecule has 1 N–H and O–H groups in total. The summed E-state index contributed by atoms with van der Waals surface area (Å²) in [5.41, 5.74) is 3.47. The van der Waals surface area contributed by atoms with Crippen LogP contribution < -0.4 is 10.1 Å². The van der Waals surface area contributed by atoms with Crippen molar-refractivity contribution >= 4 is 29.4 Å². The van der Waals surface area contributed by atoms with E-state index in [-0.39, 0.29) is 18.6 Å². The molecule has 0 aliphatic carbocycles. The van der Waals surface area contributed by atoms with Crippen LogP contribution in [0.15, 0.2) is 48.5 Å². The molecule has 0 unspecified atom stereocenters. The van der Waals surface area contributed by atoms with Gasteiger partial charge >= 0.3 is 0 Å². The first-order chi connectivity index (χ1) is 14.1. The molecule has 2 aromatic carbocycles. The van der Waals surface area contributed by atoms with E-state index in [1.807, 2.05) is 73.8 Å². The molecule has 4 nitrogen and oxygen atoms in total. The van der Waals surface area contributed by atoms with E-state index in [9.17, 15) is 4.79 Å². The second-order valence-electron chi connectivity index (χ2n) is 7.19. The third-order valence-corrected chi connectivity index (χ3v) is 7.53. The van der Waals surface area contributed by atoms with Gasteiger partial charge in [0.15, 0.2) is 6.61 Å². The van der Waals surface area contributed by atoms with Gasteiger partial charge in [-0.05, 0) is 60.6 Å². The minimum atomic E-state index is -0.132. The summed E-state index contributed by atoms with van der Waals surface area (Å²) in [6.45, 7) is 5.05. The van der Waals surface area contributed by atoms with Crippen LogP contribution in [0, 0.1) is 0 Å². The molecule has 1 fully saturated rings. The van der Waals surface area contributed by atoms with Crippen molar-refractivity contribution in [2.24, 2.45) is 0 Å². The smallest absolute Gasteiger partial charge is 0.258 e. The van der Waals surface area contributed by atoms with Crippen molar-refractivity contribution in [1.29, 1.82) is 0 Å². The van der Waals surface area contributed by atoms with Crippen molar-refractivity contribution in [3.8, 4) is 5.75 Å². The maximum atomic E-state index is 12.2. The van der Waals surface area contributed by atoms with E-state index in [0.29, 0.717) is 17.7 Å². The van der Waals surface area contributed by atoms with Crippen molar-refractivity contribution in [3.05, 3.63) is 65.2 Å². The number of hydrogen-bond donors (Lipinski definition) is 1. The maximum absolute atomic E-state index is 12.2. The van der Waals surface area contributed by atoms with Gasteiger partial charge in [0.1, 0.15) is 5.75 Å². The van der Waals surface area contributed by atoms with Gasteiger partial charge in [0.2, 0.25) is 0 Å². The Morgan fingerprint density at radius 2 is 1.76 bits per heavy atom. The highest BCUT2D eigenvalue weighted by atomic mass is 32.2. The summed E-state index contributed by atoms with van der Waals surface area (Å²) >= 11 is 4.00. The van der Waals surface area contributed by atoms with Gasteiger partial charge in [0, 0.05) is 6.54 Å². The Morgan fingerprint density at radius 1 is 1.07 bits per heavy atom. The Kier molecular flexibility index (Phi) is 8.77. The molecule has 0 radical (unpaired) electrons. The molecule has 6 heteroatoms. The molecule has 0 aromatic heterocycles. The van der Waals surface area contributed by atoms with Crippen LogP contribution in [-0.4, -0.2) is 30.1 Å². The van der Waals surface area contributed by atoms with Crippen LogP contribution in [0.4, 0.5) is 0 Å². The molecule has 0 atom stereocenters. The highest BCUT2D eigenvalue weighted by Gasteiger charge is 2.16. The number of nitrogens with one attached hydrogen (secondary N) is 1. The van der Waals surface area contributed by atoms with Crippen LogP contribution >= 0.6 is 23.5 Å². The summed E-state index contributed by atoms with van der Waals surface area (Å²) in [7, 11) is 0. The third-order valence-electron chi connectivity index (χ3n) is 4.52. The molecular weight excluding hydrogens is 402 g/mol. The summed E-state index contributed by atoms with van der Waals surface area (Å²) in [5.74, 6) is 3.04. The Labute approximate surface area is 182 Å². The van der Waals surface area contributed by atoms with Gasteiger partial charge in [-0.3, -0.25) is 4.79 Å². The summed E-state index contributed by atoms with van der Waals surface area (Å²) in [6.07, 6.45) is 1.46. The zero-order chi connectivity index (χ0) is 20.5. The van der Waals surface area contributed by atoms with E-state index >= 15 is 0 Å². The van der Waals surface area contributed by atoms with Crippen LogP contribution in [0.25, 0.3) is 0 Å². The van der Waals surface area contributed by atoms with Crippen molar-refractivity contribution < 1.29 is 14.3 Å². The van der Waals surface area contributed by atoms with Crippen LogP contribution in [0.1, 0.15) is 41.5 Å². The van der Waals surface area contributed by atoms with Gasteiger partial charge in [-0.2, -0.15) is 0 Å². The first kappa shape index (κ1) is 22.1. The van der Waals surface area contributed by atoms with E-state index < -0.39 is 0 Å². The lowest BCUT2D eigenvalue weighted by atomic mass is 10.1. The predicted molar refractivity (Wildman–Crippen MR) is 122 cm³/mol. The maximum Gasteiger partial charge on any atom is 0.258 e. The molecule has 0 spiro atoms. The highest BCUT2D eigenvalue weighted by Crippen LogP contribution is 2.43. The molecule has 1 heterocycles. The van der Waals surface area contributed by atoms with Gasteiger partial charge in [0.25, 0.3) is 5.91 Å². The lowest BCUT2D eigenvalue weighted by Gasteiger charge is -2.21. The first-order valence-electron chi connectivity index (χ1n) is 10.0. The molecule has 0 bridgehead atoms. The van der Waals surface area contributed by atoms with Crippen LogP contribution in [-0.2, 0) is 22.7 Å². The number of benzene rings is 2. The van der Waals surface area contributed by atoms with Crippen molar-refractivity contribution in [3.63, 3.8) is 0 Å². The molecule has 0 saturated carbocycles. The summed E-state index contributed by atoms with van der Waals surface area (Å²) < 4.78 is 11.9. The lowest BCUT2D eigenvalue weighted by Crippen LogP contribution is -2.28. The van der Waals surface area contributed by atoms with Gasteiger partial charge in [-0.15, -0.1) is 23.5 Å². The predicted octanol–water partition coefficient (Wildman–Crippen LogP) is 5.18. The van der Waals surface area contributed by atoms with E-state index in [0.717, 1.165) is 16.9 Å². The molecule has 1 aliphatic heterocycles.